The monoisotopic (exact) mass is 882 g/mol. The molecule has 0 aromatic rings. The van der Waals surface area contributed by atoms with Crippen molar-refractivity contribution in [3.05, 3.63) is 36.5 Å². The highest BCUT2D eigenvalue weighted by molar-refractivity contribution is 7.47. The number of esters is 2. The molecule has 0 aliphatic heterocycles. The zero-order chi connectivity index (χ0) is 44.6. The van der Waals surface area contributed by atoms with E-state index in [2.05, 4.69) is 50.3 Å². The van der Waals surface area contributed by atoms with Crippen molar-refractivity contribution >= 4 is 19.8 Å². The number of ether oxygens (including phenoxy) is 2. The molecule has 0 aromatic heterocycles. The van der Waals surface area contributed by atoms with Crippen LogP contribution in [0.2, 0.25) is 0 Å². The lowest BCUT2D eigenvalue weighted by molar-refractivity contribution is -0.161. The van der Waals surface area contributed by atoms with Gasteiger partial charge in [-0.1, -0.05) is 204 Å². The number of allylic oxidation sites excluding steroid dienone is 6. The maximum absolute atomic E-state index is 12.6. The van der Waals surface area contributed by atoms with Crippen LogP contribution in [0.25, 0.3) is 0 Å². The van der Waals surface area contributed by atoms with Gasteiger partial charge in [-0.25, -0.2) is 4.57 Å². The van der Waals surface area contributed by atoms with Crippen LogP contribution in [-0.2, 0) is 32.7 Å². The number of carbonyl (C=O) groups excluding carboxylic acids is 2. The minimum Gasteiger partial charge on any atom is -0.462 e. The van der Waals surface area contributed by atoms with E-state index in [1.54, 1.807) is 0 Å². The van der Waals surface area contributed by atoms with Crippen LogP contribution in [0.5, 0.6) is 0 Å². The molecule has 0 heterocycles. The van der Waals surface area contributed by atoms with Crippen LogP contribution in [-0.4, -0.2) is 49.3 Å². The molecule has 2 unspecified atom stereocenters. The van der Waals surface area contributed by atoms with Crippen LogP contribution >= 0.6 is 7.82 Å². The summed E-state index contributed by atoms with van der Waals surface area (Å²) in [6, 6.07) is 0. The average Bonchev–Trinajstić information content (AvgIpc) is 3.25. The molecule has 0 radical (unpaired) electrons. The molecule has 61 heavy (non-hydrogen) atoms. The highest BCUT2D eigenvalue weighted by Gasteiger charge is 2.26. The Morgan fingerprint density at radius 2 is 0.869 bits per heavy atom. The summed E-state index contributed by atoms with van der Waals surface area (Å²) in [5.74, 6) is -0.832. The first kappa shape index (κ1) is 59.2. The molecule has 10 heteroatoms. The number of hydrogen-bond donors (Lipinski definition) is 2. The fourth-order valence-electron chi connectivity index (χ4n) is 7.18. The van der Waals surface area contributed by atoms with E-state index in [0.717, 1.165) is 64.2 Å². The normalized spacial score (nSPS) is 13.4. The third-order valence-corrected chi connectivity index (χ3v) is 12.0. The minimum absolute atomic E-state index is 0.0532. The second-order valence-electron chi connectivity index (χ2n) is 17.0. The molecular weight excluding hydrogens is 786 g/mol. The summed E-state index contributed by atoms with van der Waals surface area (Å²) in [5.41, 5.74) is 5.36. The zero-order valence-corrected chi connectivity index (χ0v) is 40.5. The number of phosphoric acid groups is 1. The van der Waals surface area contributed by atoms with Crippen LogP contribution < -0.4 is 5.73 Å². The summed E-state index contributed by atoms with van der Waals surface area (Å²) in [6.45, 7) is 3.70. The molecule has 0 bridgehead atoms. The van der Waals surface area contributed by atoms with Crippen molar-refractivity contribution in [1.82, 2.24) is 0 Å². The van der Waals surface area contributed by atoms with Gasteiger partial charge < -0.3 is 20.1 Å². The Balaban J connectivity index is 3.90. The molecule has 2 atom stereocenters. The van der Waals surface area contributed by atoms with E-state index >= 15 is 0 Å². The largest absolute Gasteiger partial charge is 0.472 e. The molecule has 3 N–H and O–H groups in total. The van der Waals surface area contributed by atoms with E-state index in [1.165, 1.54) is 148 Å². The van der Waals surface area contributed by atoms with E-state index in [1.807, 2.05) is 0 Å². The number of hydrogen-bond acceptors (Lipinski definition) is 8. The van der Waals surface area contributed by atoms with Crippen LogP contribution in [0.4, 0.5) is 0 Å². The summed E-state index contributed by atoms with van der Waals surface area (Å²) in [5, 5.41) is 0. The van der Waals surface area contributed by atoms with Gasteiger partial charge in [0, 0.05) is 19.4 Å². The van der Waals surface area contributed by atoms with E-state index in [0.29, 0.717) is 6.42 Å². The predicted molar refractivity (Wildman–Crippen MR) is 257 cm³/mol. The van der Waals surface area contributed by atoms with Crippen LogP contribution in [0.3, 0.4) is 0 Å². The Morgan fingerprint density at radius 1 is 0.492 bits per heavy atom. The lowest BCUT2D eigenvalue weighted by atomic mass is 10.0. The number of rotatable bonds is 48. The van der Waals surface area contributed by atoms with Crippen molar-refractivity contribution in [3.63, 3.8) is 0 Å². The molecule has 358 valence electrons. The molecule has 0 amide bonds. The average molecular weight is 882 g/mol. The molecule has 0 saturated carbocycles. The standard InChI is InChI=1S/C51H96NO8P/c1-3-5-7-9-11-13-15-16-17-18-19-20-21-22-23-24-25-26-27-28-29-30-31-32-34-36-38-40-42-44-51(54)60-49(48-59-61(55,56)58-46-45-52)47-57-50(53)43-41-39-37-35-33-14-12-10-8-6-4-2/h10,12,15-16,18-19,49H,3-9,11,13-14,17,20-48,52H2,1-2H3,(H,55,56)/b12-10-,16-15-,19-18-. The lowest BCUT2D eigenvalue weighted by Gasteiger charge is -2.19. The molecule has 0 spiro atoms. The highest BCUT2D eigenvalue weighted by Crippen LogP contribution is 2.43. The topological polar surface area (TPSA) is 134 Å². The first-order valence-corrected chi connectivity index (χ1v) is 27.0. The molecule has 0 saturated heterocycles. The summed E-state index contributed by atoms with van der Waals surface area (Å²) in [7, 11) is -4.38. The molecule has 0 aliphatic rings. The van der Waals surface area contributed by atoms with Gasteiger partial charge in [0.1, 0.15) is 6.61 Å². The van der Waals surface area contributed by atoms with Gasteiger partial charge >= 0.3 is 19.8 Å². The first-order chi connectivity index (χ1) is 29.8. The van der Waals surface area contributed by atoms with Crippen molar-refractivity contribution in [3.8, 4) is 0 Å². The van der Waals surface area contributed by atoms with Gasteiger partial charge in [-0.3, -0.25) is 18.6 Å². The summed E-state index contributed by atoms with van der Waals surface area (Å²) >= 11 is 0. The Morgan fingerprint density at radius 3 is 1.31 bits per heavy atom. The molecule has 0 aromatic carbocycles. The third kappa shape index (κ3) is 47.5. The Labute approximate surface area is 375 Å². The summed E-state index contributed by atoms with van der Waals surface area (Å²) in [6.07, 6.45) is 54.9. The number of unbranched alkanes of at least 4 members (excludes halogenated alkanes) is 29. The quantitative estimate of drug-likeness (QED) is 0.0265. The SMILES string of the molecule is CCCC/C=C\CCCCCCCC(=O)OCC(COP(=O)(O)OCCN)OC(=O)CCCCCCCCCCCCCCCCCCC/C=C\C/C=C\CCCCCCC. The highest BCUT2D eigenvalue weighted by atomic mass is 31.2. The lowest BCUT2D eigenvalue weighted by Crippen LogP contribution is -2.29. The number of nitrogens with two attached hydrogens (primary N) is 1. The van der Waals surface area contributed by atoms with Gasteiger partial charge in [0.15, 0.2) is 6.10 Å². The molecule has 0 fully saturated rings. The van der Waals surface area contributed by atoms with Gasteiger partial charge in [-0.05, 0) is 64.2 Å². The first-order valence-electron chi connectivity index (χ1n) is 25.5. The Hall–Kier alpha value is -1.77. The van der Waals surface area contributed by atoms with Crippen molar-refractivity contribution in [2.45, 2.75) is 251 Å². The van der Waals surface area contributed by atoms with Crippen LogP contribution in [0.1, 0.15) is 245 Å². The Bertz CT molecular complexity index is 1100. The predicted octanol–water partition coefficient (Wildman–Crippen LogP) is 15.3. The van der Waals surface area contributed by atoms with E-state index < -0.39 is 26.5 Å². The maximum Gasteiger partial charge on any atom is 0.472 e. The van der Waals surface area contributed by atoms with Crippen molar-refractivity contribution in [2.24, 2.45) is 5.73 Å². The summed E-state index contributed by atoms with van der Waals surface area (Å²) in [4.78, 5) is 34.9. The summed E-state index contributed by atoms with van der Waals surface area (Å²) < 4.78 is 32.8. The van der Waals surface area contributed by atoms with E-state index in [9.17, 15) is 19.0 Å². The maximum atomic E-state index is 12.6. The van der Waals surface area contributed by atoms with Crippen molar-refractivity contribution in [2.75, 3.05) is 26.4 Å². The van der Waals surface area contributed by atoms with Crippen LogP contribution in [0.15, 0.2) is 36.5 Å². The van der Waals surface area contributed by atoms with Gasteiger partial charge in [0.05, 0.1) is 13.2 Å². The second kappa shape index (κ2) is 47.7. The van der Waals surface area contributed by atoms with Crippen molar-refractivity contribution in [1.29, 1.82) is 0 Å². The van der Waals surface area contributed by atoms with Gasteiger partial charge in [-0.2, -0.15) is 0 Å². The van der Waals surface area contributed by atoms with E-state index in [-0.39, 0.29) is 38.6 Å². The van der Waals surface area contributed by atoms with E-state index in [4.69, 9.17) is 24.3 Å². The van der Waals surface area contributed by atoms with Gasteiger partial charge in [0.25, 0.3) is 0 Å². The van der Waals surface area contributed by atoms with Gasteiger partial charge in [-0.15, -0.1) is 0 Å². The second-order valence-corrected chi connectivity index (χ2v) is 18.5. The fraction of sp³-hybridized carbons (Fsp3) is 0.843. The third-order valence-electron chi connectivity index (χ3n) is 11.0. The zero-order valence-electron chi connectivity index (χ0n) is 39.7. The van der Waals surface area contributed by atoms with Gasteiger partial charge in [0.2, 0.25) is 0 Å². The number of carbonyl (C=O) groups is 2. The molecule has 0 aliphatic carbocycles. The van der Waals surface area contributed by atoms with Crippen LogP contribution in [0, 0.1) is 0 Å². The molecule has 0 rings (SSSR count). The van der Waals surface area contributed by atoms with Crippen molar-refractivity contribution < 1.29 is 37.6 Å². The fourth-order valence-corrected chi connectivity index (χ4v) is 7.94. The molecule has 9 nitrogen and oxygen atoms in total. The minimum atomic E-state index is -4.38. The smallest absolute Gasteiger partial charge is 0.462 e. The molecular formula is C51H96NO8P. The Kier molecular flexibility index (Phi) is 46.3. The number of phosphoric ester groups is 1.